The molecule has 1 heterocycles. The lowest BCUT2D eigenvalue weighted by Gasteiger charge is -2.22. The molecule has 33 heavy (non-hydrogen) atoms. The molecule has 0 spiro atoms. The van der Waals surface area contributed by atoms with E-state index in [0.717, 1.165) is 12.1 Å². The largest absolute Gasteiger partial charge is 0.496 e. The van der Waals surface area contributed by atoms with Crippen LogP contribution in [0.4, 0.5) is 11.4 Å². The second-order valence-electron chi connectivity index (χ2n) is 7.58. The highest BCUT2D eigenvalue weighted by atomic mass is 16.5. The first-order valence-electron chi connectivity index (χ1n) is 10.9. The van der Waals surface area contributed by atoms with Crippen LogP contribution in [0.25, 0.3) is 5.57 Å². The van der Waals surface area contributed by atoms with E-state index in [1.807, 2.05) is 55.5 Å². The van der Waals surface area contributed by atoms with E-state index in [1.54, 1.807) is 49.4 Å². The van der Waals surface area contributed by atoms with Crippen LogP contribution < -0.4 is 19.3 Å². The van der Waals surface area contributed by atoms with Crippen molar-refractivity contribution < 1.29 is 19.1 Å². The summed E-state index contributed by atoms with van der Waals surface area (Å²) in [7, 11) is 3.33. The van der Waals surface area contributed by atoms with Gasteiger partial charge in [-0.15, -0.1) is 0 Å². The second kappa shape index (κ2) is 9.61. The van der Waals surface area contributed by atoms with Gasteiger partial charge in [-0.25, -0.2) is 4.90 Å². The summed E-state index contributed by atoms with van der Waals surface area (Å²) in [6.07, 6.45) is 0.808. The summed E-state index contributed by atoms with van der Waals surface area (Å²) in [5, 5.41) is 0. The second-order valence-corrected chi connectivity index (χ2v) is 7.58. The fourth-order valence-electron chi connectivity index (χ4n) is 3.90. The van der Waals surface area contributed by atoms with Crippen LogP contribution >= 0.6 is 0 Å². The molecule has 0 radical (unpaired) electrons. The van der Waals surface area contributed by atoms with Gasteiger partial charge in [0.15, 0.2) is 0 Å². The van der Waals surface area contributed by atoms with Crippen molar-refractivity contribution in [3.63, 3.8) is 0 Å². The molecule has 3 aromatic carbocycles. The number of hydrogen-bond acceptors (Lipinski definition) is 5. The Morgan fingerprint density at radius 1 is 0.818 bits per heavy atom. The van der Waals surface area contributed by atoms with Crippen LogP contribution in [0.2, 0.25) is 0 Å². The van der Waals surface area contributed by atoms with Crippen molar-refractivity contribution in [2.45, 2.75) is 13.3 Å². The zero-order valence-corrected chi connectivity index (χ0v) is 18.9. The number of methoxy groups -OCH3 is 1. The van der Waals surface area contributed by atoms with Crippen molar-refractivity contribution in [2.75, 3.05) is 30.6 Å². The maximum atomic E-state index is 13.9. The van der Waals surface area contributed by atoms with Crippen molar-refractivity contribution >= 4 is 28.8 Å². The number of para-hydroxylation sites is 4. The number of ether oxygens (including phenoxy) is 2. The number of carbonyl (C=O) groups excluding carboxylic acids is 2. The molecule has 0 aromatic heterocycles. The molecule has 3 aromatic rings. The van der Waals surface area contributed by atoms with E-state index in [-0.39, 0.29) is 11.3 Å². The summed E-state index contributed by atoms with van der Waals surface area (Å²) < 4.78 is 11.4. The normalized spacial score (nSPS) is 13.5. The number of nitrogens with zero attached hydrogens (tertiary/aromatic N) is 2. The third kappa shape index (κ3) is 4.07. The number of likely N-dealkylation sites (N-methyl/N-ethyl adjacent to an activating group) is 1. The molecule has 0 saturated carbocycles. The molecule has 168 valence electrons. The molecular formula is C27H26N2O4. The summed E-state index contributed by atoms with van der Waals surface area (Å²) in [6.45, 7) is 2.49. The molecule has 1 aliphatic rings. The van der Waals surface area contributed by atoms with Crippen molar-refractivity contribution in [2.24, 2.45) is 0 Å². The molecule has 2 amide bonds. The van der Waals surface area contributed by atoms with Crippen molar-refractivity contribution in [1.29, 1.82) is 0 Å². The smallest absolute Gasteiger partial charge is 0.282 e. The van der Waals surface area contributed by atoms with Crippen LogP contribution in [-0.2, 0) is 9.59 Å². The minimum Gasteiger partial charge on any atom is -0.496 e. The number of carbonyl (C=O) groups is 2. The van der Waals surface area contributed by atoms with Crippen LogP contribution in [0.5, 0.6) is 11.5 Å². The lowest BCUT2D eigenvalue weighted by Crippen LogP contribution is -2.34. The number of benzene rings is 3. The van der Waals surface area contributed by atoms with Crippen LogP contribution in [0.3, 0.4) is 0 Å². The van der Waals surface area contributed by atoms with E-state index in [1.165, 1.54) is 4.90 Å². The molecule has 6 nitrogen and oxygen atoms in total. The predicted octanol–water partition coefficient (Wildman–Crippen LogP) is 4.90. The van der Waals surface area contributed by atoms with Gasteiger partial charge < -0.3 is 14.4 Å². The molecule has 0 aliphatic carbocycles. The van der Waals surface area contributed by atoms with Gasteiger partial charge in [-0.1, -0.05) is 55.5 Å². The molecule has 0 saturated heterocycles. The molecule has 0 atom stereocenters. The predicted molar refractivity (Wildman–Crippen MR) is 129 cm³/mol. The average molecular weight is 443 g/mol. The van der Waals surface area contributed by atoms with E-state index in [4.69, 9.17) is 9.47 Å². The van der Waals surface area contributed by atoms with Crippen LogP contribution in [0.1, 0.15) is 18.9 Å². The average Bonchev–Trinajstić information content (AvgIpc) is 3.12. The van der Waals surface area contributed by atoms with Crippen LogP contribution in [-0.4, -0.2) is 32.6 Å². The van der Waals surface area contributed by atoms with Crippen molar-refractivity contribution in [3.05, 3.63) is 90.1 Å². The molecule has 0 N–H and O–H groups in total. The number of rotatable bonds is 8. The lowest BCUT2D eigenvalue weighted by atomic mass is 10.0. The minimum atomic E-state index is -0.421. The fraction of sp³-hybridized carbons (Fsp3) is 0.185. The maximum Gasteiger partial charge on any atom is 0.282 e. The molecular weight excluding hydrogens is 416 g/mol. The highest BCUT2D eigenvalue weighted by Gasteiger charge is 2.43. The summed E-state index contributed by atoms with van der Waals surface area (Å²) in [5.41, 5.74) is 2.34. The quantitative estimate of drug-likeness (QED) is 0.464. The Kier molecular flexibility index (Phi) is 6.45. The van der Waals surface area contributed by atoms with Gasteiger partial charge >= 0.3 is 0 Å². The van der Waals surface area contributed by atoms with Crippen LogP contribution in [0, 0.1) is 0 Å². The highest BCUT2D eigenvalue weighted by molar-refractivity contribution is 6.46. The van der Waals surface area contributed by atoms with Gasteiger partial charge in [-0.3, -0.25) is 9.59 Å². The highest BCUT2D eigenvalue weighted by Crippen LogP contribution is 2.41. The van der Waals surface area contributed by atoms with Crippen LogP contribution in [0.15, 0.2) is 84.6 Å². The number of hydrogen-bond donors (Lipinski definition) is 0. The Hall–Kier alpha value is -4.06. The summed E-state index contributed by atoms with van der Waals surface area (Å²) >= 11 is 0. The first kappa shape index (κ1) is 22.1. The molecule has 0 bridgehead atoms. The fourth-order valence-corrected chi connectivity index (χ4v) is 3.90. The Morgan fingerprint density at radius 3 is 2.15 bits per heavy atom. The van der Waals surface area contributed by atoms with Gasteiger partial charge in [-0.2, -0.15) is 0 Å². The third-order valence-corrected chi connectivity index (χ3v) is 5.48. The maximum absolute atomic E-state index is 13.9. The van der Waals surface area contributed by atoms with Gasteiger partial charge in [0, 0.05) is 18.3 Å². The SMILES string of the molecule is CCCOc1ccccc1N1C(=O)C(c2ccccc2OC)=C(N(C)c2ccccc2)C1=O. The first-order valence-corrected chi connectivity index (χ1v) is 10.9. The molecule has 6 heteroatoms. The van der Waals surface area contributed by atoms with Gasteiger partial charge in [0.05, 0.1) is 25.0 Å². The van der Waals surface area contributed by atoms with Gasteiger partial charge in [-0.05, 0) is 36.8 Å². The zero-order valence-electron chi connectivity index (χ0n) is 18.9. The summed E-state index contributed by atoms with van der Waals surface area (Å²) in [6, 6.07) is 23.8. The van der Waals surface area contributed by atoms with Gasteiger partial charge in [0.2, 0.25) is 0 Å². The van der Waals surface area contributed by atoms with E-state index in [2.05, 4.69) is 0 Å². The zero-order chi connectivity index (χ0) is 23.4. The monoisotopic (exact) mass is 442 g/mol. The minimum absolute atomic E-state index is 0.279. The van der Waals surface area contributed by atoms with E-state index >= 15 is 0 Å². The Morgan fingerprint density at radius 2 is 1.45 bits per heavy atom. The van der Waals surface area contributed by atoms with E-state index < -0.39 is 11.8 Å². The Bertz CT molecular complexity index is 1200. The Balaban J connectivity index is 1.89. The van der Waals surface area contributed by atoms with Crippen molar-refractivity contribution in [3.8, 4) is 11.5 Å². The Labute approximate surface area is 193 Å². The van der Waals surface area contributed by atoms with Crippen molar-refractivity contribution in [1.82, 2.24) is 0 Å². The molecule has 1 aliphatic heterocycles. The topological polar surface area (TPSA) is 59.1 Å². The lowest BCUT2D eigenvalue weighted by molar-refractivity contribution is -0.120. The van der Waals surface area contributed by atoms with Gasteiger partial charge in [0.1, 0.15) is 17.2 Å². The van der Waals surface area contributed by atoms with E-state index in [0.29, 0.717) is 29.4 Å². The molecule has 0 unspecified atom stereocenters. The number of imide groups is 1. The van der Waals surface area contributed by atoms with E-state index in [9.17, 15) is 9.59 Å². The molecule has 4 rings (SSSR count). The standard InChI is InChI=1S/C27H26N2O4/c1-4-18-33-23-17-11-9-15-21(23)29-26(30)24(20-14-8-10-16-22(20)32-3)25(27(29)31)28(2)19-12-6-5-7-13-19/h5-17H,4,18H2,1-3H3. The summed E-state index contributed by atoms with van der Waals surface area (Å²) in [5.74, 6) is 0.170. The number of anilines is 2. The summed E-state index contributed by atoms with van der Waals surface area (Å²) in [4.78, 5) is 30.7. The first-order chi connectivity index (χ1) is 16.1. The van der Waals surface area contributed by atoms with Gasteiger partial charge in [0.25, 0.3) is 11.8 Å². The number of amides is 2. The third-order valence-electron chi connectivity index (χ3n) is 5.48. The molecule has 0 fully saturated rings.